The Balaban J connectivity index is 1.67. The molecule has 5 aliphatic carbocycles. The van der Waals surface area contributed by atoms with Crippen LogP contribution in [0.2, 0.25) is 13.1 Å². The minimum absolute atomic E-state index is 0.0183. The van der Waals surface area contributed by atoms with Gasteiger partial charge in [0.2, 0.25) is 9.04 Å². The maximum atomic E-state index is 7.15. The van der Waals surface area contributed by atoms with E-state index >= 15 is 0 Å². The lowest BCUT2D eigenvalue weighted by atomic mass is 9.44. The molecule has 31 heavy (non-hydrogen) atoms. The van der Waals surface area contributed by atoms with E-state index in [1.807, 2.05) is 0 Å². The van der Waals surface area contributed by atoms with Crippen molar-refractivity contribution >= 4 is 14.6 Å². The average Bonchev–Trinajstić information content (AvgIpc) is 3.05. The molecule has 2 aromatic carbocycles. The quantitative estimate of drug-likeness (QED) is 0.376. The summed E-state index contributed by atoms with van der Waals surface area (Å²) in [5.74, 6) is 1.73. The third kappa shape index (κ3) is 2.90. The molecule has 2 unspecified atom stereocenters. The molecule has 2 heteroatoms. The van der Waals surface area contributed by atoms with E-state index in [4.69, 9.17) is 4.43 Å². The second kappa shape index (κ2) is 7.18. The van der Waals surface area contributed by atoms with Crippen LogP contribution < -0.4 is 0 Å². The molecule has 4 saturated carbocycles. The number of benzene rings is 2. The monoisotopic (exact) mass is 427 g/mol. The molecule has 0 N–H and O–H groups in total. The van der Waals surface area contributed by atoms with E-state index in [-0.39, 0.29) is 5.60 Å². The molecule has 0 spiro atoms. The topological polar surface area (TPSA) is 9.23 Å². The van der Waals surface area contributed by atoms with Crippen molar-refractivity contribution in [3.63, 3.8) is 0 Å². The van der Waals surface area contributed by atoms with Gasteiger partial charge >= 0.3 is 0 Å². The molecule has 1 nitrogen and oxygen atoms in total. The van der Waals surface area contributed by atoms with E-state index in [1.165, 1.54) is 73.6 Å². The summed E-state index contributed by atoms with van der Waals surface area (Å²) in [5.41, 5.74) is 9.39. The average molecular weight is 428 g/mol. The minimum atomic E-state index is -0.790. The molecule has 0 heterocycles. The van der Waals surface area contributed by atoms with Crippen LogP contribution in [0.5, 0.6) is 0 Å². The lowest BCUT2D eigenvalue weighted by Gasteiger charge is -2.64. The van der Waals surface area contributed by atoms with Gasteiger partial charge in [0.15, 0.2) is 0 Å². The van der Waals surface area contributed by atoms with Gasteiger partial charge in [-0.25, -0.2) is 0 Å². The van der Waals surface area contributed by atoms with Crippen molar-refractivity contribution in [2.75, 3.05) is 0 Å². The summed E-state index contributed by atoms with van der Waals surface area (Å²) >= 11 is 0. The predicted octanol–water partition coefficient (Wildman–Crippen LogP) is 7.88. The van der Waals surface area contributed by atoms with Crippen LogP contribution in [0, 0.1) is 17.3 Å². The number of hydrogen-bond donors (Lipinski definition) is 0. The van der Waals surface area contributed by atoms with Crippen LogP contribution in [0.1, 0.15) is 69.4 Å². The van der Waals surface area contributed by atoms with Crippen molar-refractivity contribution in [3.05, 3.63) is 65.2 Å². The lowest BCUT2D eigenvalue weighted by molar-refractivity contribution is -0.0995. The number of hydrogen-bond acceptors (Lipinski definition) is 1. The first-order valence-corrected chi connectivity index (χ1v) is 14.9. The van der Waals surface area contributed by atoms with Crippen molar-refractivity contribution in [2.24, 2.45) is 17.3 Å². The Morgan fingerprint density at radius 1 is 0.839 bits per heavy atom. The minimum Gasteiger partial charge on any atom is -0.408 e. The fourth-order valence-corrected chi connectivity index (χ4v) is 9.24. The van der Waals surface area contributed by atoms with Gasteiger partial charge < -0.3 is 4.43 Å². The van der Waals surface area contributed by atoms with E-state index in [9.17, 15) is 0 Å². The van der Waals surface area contributed by atoms with Gasteiger partial charge in [0.1, 0.15) is 0 Å². The molecule has 161 valence electrons. The highest BCUT2D eigenvalue weighted by atomic mass is 28.3. The lowest BCUT2D eigenvalue weighted by Crippen LogP contribution is -2.60. The Bertz CT molecular complexity index is 981. The molecule has 2 atom stereocenters. The van der Waals surface area contributed by atoms with Gasteiger partial charge in [-0.1, -0.05) is 68.3 Å². The maximum absolute atomic E-state index is 7.15. The van der Waals surface area contributed by atoms with E-state index < -0.39 is 9.04 Å². The van der Waals surface area contributed by atoms with Gasteiger partial charge in [-0.15, -0.1) is 0 Å². The molecule has 1 radical (unpaired) electrons. The van der Waals surface area contributed by atoms with Crippen LogP contribution in [-0.4, -0.2) is 14.6 Å². The summed E-state index contributed by atoms with van der Waals surface area (Å²) in [6, 6.07) is 18.3. The Labute approximate surface area is 189 Å². The third-order valence-electron chi connectivity index (χ3n) is 8.59. The smallest absolute Gasteiger partial charge is 0.206 e. The van der Waals surface area contributed by atoms with Crippen molar-refractivity contribution in [2.45, 2.75) is 77.0 Å². The first kappa shape index (κ1) is 20.0. The molecule has 5 aliphatic rings. The van der Waals surface area contributed by atoms with Crippen molar-refractivity contribution < 1.29 is 4.43 Å². The van der Waals surface area contributed by atoms with E-state index in [0.717, 1.165) is 11.8 Å². The summed E-state index contributed by atoms with van der Waals surface area (Å²) in [6.07, 6.45) is 10.7. The summed E-state index contributed by atoms with van der Waals surface area (Å²) in [7, 11) is -0.790. The first-order valence-electron chi connectivity index (χ1n) is 12.5. The Hall–Kier alpha value is -1.64. The predicted molar refractivity (Wildman–Crippen MR) is 131 cm³/mol. The van der Waals surface area contributed by atoms with E-state index in [2.05, 4.69) is 68.5 Å². The van der Waals surface area contributed by atoms with Crippen LogP contribution in [0.3, 0.4) is 0 Å². The largest absolute Gasteiger partial charge is 0.408 e. The molecule has 0 aliphatic heterocycles. The zero-order chi connectivity index (χ0) is 21.2. The normalized spacial score (nSPS) is 32.6. The molecule has 2 aromatic rings. The zero-order valence-electron chi connectivity index (χ0n) is 19.3. The molecule has 0 saturated heterocycles. The zero-order valence-corrected chi connectivity index (χ0v) is 20.3. The summed E-state index contributed by atoms with van der Waals surface area (Å²) < 4.78 is 7.15. The fourth-order valence-electron chi connectivity index (χ4n) is 8.19. The van der Waals surface area contributed by atoms with Crippen molar-refractivity contribution in [1.29, 1.82) is 0 Å². The van der Waals surface area contributed by atoms with E-state index in [0.29, 0.717) is 5.41 Å². The molecule has 0 aromatic heterocycles. The van der Waals surface area contributed by atoms with Gasteiger partial charge in [0, 0.05) is 0 Å². The van der Waals surface area contributed by atoms with Gasteiger partial charge in [-0.2, -0.15) is 0 Å². The summed E-state index contributed by atoms with van der Waals surface area (Å²) in [6.45, 7) is 7.06. The molecular weight excluding hydrogens is 392 g/mol. The van der Waals surface area contributed by atoms with Crippen LogP contribution >= 0.6 is 0 Å². The highest BCUT2D eigenvalue weighted by Crippen LogP contribution is 2.69. The van der Waals surface area contributed by atoms with Gasteiger partial charge in [-0.3, -0.25) is 0 Å². The highest BCUT2D eigenvalue weighted by Gasteiger charge is 2.62. The number of rotatable bonds is 5. The Morgan fingerprint density at radius 2 is 1.39 bits per heavy atom. The molecule has 0 amide bonds. The summed E-state index contributed by atoms with van der Waals surface area (Å²) in [4.78, 5) is 0. The molecule has 4 bridgehead atoms. The highest BCUT2D eigenvalue weighted by molar-refractivity contribution is 6.48. The maximum Gasteiger partial charge on any atom is 0.206 e. The Morgan fingerprint density at radius 3 is 1.90 bits per heavy atom. The first-order chi connectivity index (χ1) is 15.1. The molecule has 7 rings (SSSR count). The van der Waals surface area contributed by atoms with Gasteiger partial charge in [0.25, 0.3) is 0 Å². The second-order valence-electron chi connectivity index (χ2n) is 11.0. The molecular formula is C29H35OSi. The van der Waals surface area contributed by atoms with Gasteiger partial charge in [-0.05, 0) is 102 Å². The third-order valence-corrected chi connectivity index (χ3v) is 9.39. The van der Waals surface area contributed by atoms with Crippen LogP contribution in [0.15, 0.2) is 54.1 Å². The van der Waals surface area contributed by atoms with Gasteiger partial charge in [0.05, 0.1) is 5.60 Å². The van der Waals surface area contributed by atoms with Crippen LogP contribution in [-0.2, 0) is 4.43 Å². The SMILES string of the molecule is CCCCC12CC3CC(C1)CC(O[Si](C)C)(C3)C2=C1c2ccccc2-c2ccccc21. The summed E-state index contributed by atoms with van der Waals surface area (Å²) in [5, 5.41) is 0. The Kier molecular flexibility index (Phi) is 4.63. The van der Waals surface area contributed by atoms with Crippen molar-refractivity contribution in [3.8, 4) is 11.1 Å². The van der Waals surface area contributed by atoms with Crippen LogP contribution in [0.4, 0.5) is 0 Å². The second-order valence-corrected chi connectivity index (χ2v) is 13.0. The molecule has 4 fully saturated rings. The van der Waals surface area contributed by atoms with Crippen molar-refractivity contribution in [1.82, 2.24) is 0 Å². The van der Waals surface area contributed by atoms with Crippen LogP contribution in [0.25, 0.3) is 16.7 Å². The standard InChI is InChI=1S/C29H35OSi/c1-4-5-14-28-16-20-15-21(17-28)19-29(18-20,30-31(2)3)27(28)26-24-12-8-6-10-22(24)23-11-7-9-13-25(23)26/h6-13,20-21H,4-5,14-19H2,1-3H3. The number of fused-ring (bicyclic) bond motifs is 3. The number of unbranched alkanes of at least 4 members (excludes halogenated alkanes) is 1. The fraction of sp³-hybridized carbons (Fsp3) is 0.517. The van der Waals surface area contributed by atoms with E-state index in [1.54, 1.807) is 11.1 Å².